The maximum Gasteiger partial charge on any atom is 0.292 e. The molecule has 1 aromatic rings. The van der Waals surface area contributed by atoms with Crippen LogP contribution in [0.3, 0.4) is 0 Å². The standard InChI is InChI=1S/C18H23N3O4/c1-2-25-13-8-6-12(7-9-13)21-16(22)11-15(18(21)24)20-14-5-3-4-10-19-17(14)23/h6-9,14-15,20H,2-5,10-11H2,1H3,(H,19,23)/p+1. The molecule has 0 spiro atoms. The lowest BCUT2D eigenvalue weighted by molar-refractivity contribution is -0.696. The number of imide groups is 1. The zero-order chi connectivity index (χ0) is 17.8. The molecule has 3 amide bonds. The highest BCUT2D eigenvalue weighted by atomic mass is 16.5. The molecular formula is C18H24N3O4+. The Bertz CT molecular complexity index is 659. The van der Waals surface area contributed by atoms with Crippen molar-refractivity contribution in [2.75, 3.05) is 18.1 Å². The van der Waals surface area contributed by atoms with Gasteiger partial charge in [-0.05, 0) is 44.0 Å². The maximum atomic E-state index is 12.7. The lowest BCUT2D eigenvalue weighted by atomic mass is 10.1. The topological polar surface area (TPSA) is 92.3 Å². The lowest BCUT2D eigenvalue weighted by Crippen LogP contribution is -2.98. The number of anilines is 1. The van der Waals surface area contributed by atoms with E-state index in [2.05, 4.69) is 5.32 Å². The summed E-state index contributed by atoms with van der Waals surface area (Å²) in [6.07, 6.45) is 2.74. The molecule has 2 saturated heterocycles. The van der Waals surface area contributed by atoms with Gasteiger partial charge in [0.1, 0.15) is 5.75 Å². The molecule has 7 nitrogen and oxygen atoms in total. The summed E-state index contributed by atoms with van der Waals surface area (Å²) in [6, 6.07) is 6.07. The van der Waals surface area contributed by atoms with E-state index in [0.29, 0.717) is 24.6 Å². The minimum absolute atomic E-state index is 0.0442. The summed E-state index contributed by atoms with van der Waals surface area (Å²) in [5.41, 5.74) is 0.541. The normalized spacial score (nSPS) is 24.2. The Labute approximate surface area is 146 Å². The van der Waals surface area contributed by atoms with Gasteiger partial charge >= 0.3 is 0 Å². The molecule has 2 heterocycles. The van der Waals surface area contributed by atoms with E-state index in [1.807, 2.05) is 6.92 Å². The van der Waals surface area contributed by atoms with E-state index in [1.54, 1.807) is 29.6 Å². The Morgan fingerprint density at radius 3 is 2.64 bits per heavy atom. The third-order valence-corrected chi connectivity index (χ3v) is 4.63. The van der Waals surface area contributed by atoms with Crippen molar-refractivity contribution in [3.63, 3.8) is 0 Å². The van der Waals surface area contributed by atoms with Crippen LogP contribution in [-0.4, -0.2) is 43.0 Å². The van der Waals surface area contributed by atoms with Gasteiger partial charge in [-0.15, -0.1) is 0 Å². The minimum Gasteiger partial charge on any atom is -0.494 e. The molecule has 134 valence electrons. The second kappa shape index (κ2) is 7.65. The number of nitrogens with two attached hydrogens (primary N) is 1. The first-order valence-corrected chi connectivity index (χ1v) is 8.82. The highest BCUT2D eigenvalue weighted by Crippen LogP contribution is 2.24. The number of carbonyl (C=O) groups excluding carboxylic acids is 3. The zero-order valence-electron chi connectivity index (χ0n) is 14.4. The summed E-state index contributed by atoms with van der Waals surface area (Å²) in [5, 5.41) is 4.62. The Morgan fingerprint density at radius 2 is 1.92 bits per heavy atom. The van der Waals surface area contributed by atoms with Crippen LogP contribution in [0.2, 0.25) is 0 Å². The van der Waals surface area contributed by atoms with Crippen molar-refractivity contribution in [3.8, 4) is 5.75 Å². The number of carbonyl (C=O) groups is 3. The molecule has 0 radical (unpaired) electrons. The van der Waals surface area contributed by atoms with Crippen LogP contribution in [0.1, 0.15) is 32.6 Å². The lowest BCUT2D eigenvalue weighted by Gasteiger charge is -2.17. The summed E-state index contributed by atoms with van der Waals surface area (Å²) in [5.74, 6) is 0.163. The molecule has 2 fully saturated rings. The van der Waals surface area contributed by atoms with Gasteiger partial charge in [0, 0.05) is 13.0 Å². The molecule has 2 aliphatic heterocycles. The van der Waals surface area contributed by atoms with E-state index in [-0.39, 0.29) is 30.2 Å². The molecule has 0 saturated carbocycles. The number of nitrogens with zero attached hydrogens (tertiary/aromatic N) is 1. The van der Waals surface area contributed by atoms with Crippen LogP contribution in [0.5, 0.6) is 5.75 Å². The van der Waals surface area contributed by atoms with Crippen molar-refractivity contribution in [1.29, 1.82) is 0 Å². The van der Waals surface area contributed by atoms with E-state index in [4.69, 9.17) is 4.74 Å². The van der Waals surface area contributed by atoms with E-state index in [9.17, 15) is 14.4 Å². The van der Waals surface area contributed by atoms with Crippen molar-refractivity contribution >= 4 is 23.4 Å². The molecular weight excluding hydrogens is 322 g/mol. The van der Waals surface area contributed by atoms with Crippen LogP contribution in [0, 0.1) is 0 Å². The first kappa shape index (κ1) is 17.4. The molecule has 0 aromatic heterocycles. The number of hydrogen-bond acceptors (Lipinski definition) is 4. The maximum absolute atomic E-state index is 12.7. The van der Waals surface area contributed by atoms with Gasteiger partial charge in [0.15, 0.2) is 12.1 Å². The largest absolute Gasteiger partial charge is 0.494 e. The van der Waals surface area contributed by atoms with Crippen LogP contribution in [0.4, 0.5) is 5.69 Å². The van der Waals surface area contributed by atoms with Crippen LogP contribution in [0.25, 0.3) is 0 Å². The third-order valence-electron chi connectivity index (χ3n) is 4.63. The van der Waals surface area contributed by atoms with E-state index in [0.717, 1.165) is 19.3 Å². The number of amides is 3. The van der Waals surface area contributed by atoms with Crippen LogP contribution >= 0.6 is 0 Å². The Morgan fingerprint density at radius 1 is 1.16 bits per heavy atom. The zero-order valence-corrected chi connectivity index (χ0v) is 14.4. The summed E-state index contributed by atoms with van der Waals surface area (Å²) >= 11 is 0. The molecule has 0 bridgehead atoms. The van der Waals surface area contributed by atoms with Crippen molar-refractivity contribution in [2.45, 2.75) is 44.7 Å². The van der Waals surface area contributed by atoms with Gasteiger partial charge in [-0.1, -0.05) is 0 Å². The first-order valence-electron chi connectivity index (χ1n) is 8.82. The van der Waals surface area contributed by atoms with Crippen LogP contribution in [-0.2, 0) is 14.4 Å². The van der Waals surface area contributed by atoms with Gasteiger partial charge < -0.3 is 15.4 Å². The number of quaternary nitrogens is 1. The van der Waals surface area contributed by atoms with Crippen molar-refractivity contribution in [3.05, 3.63) is 24.3 Å². The average molecular weight is 346 g/mol. The van der Waals surface area contributed by atoms with Crippen LogP contribution in [0.15, 0.2) is 24.3 Å². The van der Waals surface area contributed by atoms with Gasteiger partial charge in [-0.2, -0.15) is 0 Å². The number of nitrogens with one attached hydrogen (secondary N) is 1. The molecule has 25 heavy (non-hydrogen) atoms. The van der Waals surface area contributed by atoms with Gasteiger partial charge in [0.25, 0.3) is 11.8 Å². The smallest absolute Gasteiger partial charge is 0.292 e. The minimum atomic E-state index is -0.534. The molecule has 2 unspecified atom stereocenters. The van der Waals surface area contributed by atoms with Crippen molar-refractivity contribution < 1.29 is 24.4 Å². The third kappa shape index (κ3) is 3.82. The second-order valence-corrected chi connectivity index (χ2v) is 6.39. The highest BCUT2D eigenvalue weighted by molar-refractivity contribution is 6.21. The van der Waals surface area contributed by atoms with Crippen molar-refractivity contribution in [1.82, 2.24) is 5.32 Å². The van der Waals surface area contributed by atoms with E-state index in [1.165, 1.54) is 4.90 Å². The molecule has 1 aromatic carbocycles. The predicted octanol–water partition coefficient (Wildman–Crippen LogP) is -0.0507. The van der Waals surface area contributed by atoms with Gasteiger partial charge in [0.05, 0.1) is 18.7 Å². The molecule has 0 aliphatic carbocycles. The van der Waals surface area contributed by atoms with Crippen molar-refractivity contribution in [2.24, 2.45) is 0 Å². The fourth-order valence-electron chi connectivity index (χ4n) is 3.36. The highest BCUT2D eigenvalue weighted by Gasteiger charge is 2.44. The van der Waals surface area contributed by atoms with Gasteiger partial charge in [-0.3, -0.25) is 14.4 Å². The number of ether oxygens (including phenoxy) is 1. The Kier molecular flexibility index (Phi) is 5.33. The average Bonchev–Trinajstić information content (AvgIpc) is 2.74. The fraction of sp³-hybridized carbons (Fsp3) is 0.500. The fourth-order valence-corrected chi connectivity index (χ4v) is 3.36. The van der Waals surface area contributed by atoms with Gasteiger partial charge in [-0.25, -0.2) is 4.90 Å². The summed E-state index contributed by atoms with van der Waals surface area (Å²) in [6.45, 7) is 3.13. The van der Waals surface area contributed by atoms with Crippen LogP contribution < -0.4 is 20.3 Å². The number of hydrogen-bond donors (Lipinski definition) is 2. The Balaban J connectivity index is 1.70. The summed E-state index contributed by atoms with van der Waals surface area (Å²) in [4.78, 5) is 38.3. The second-order valence-electron chi connectivity index (χ2n) is 6.39. The number of rotatable bonds is 5. The quantitative estimate of drug-likeness (QED) is 0.731. The van der Waals surface area contributed by atoms with E-state index >= 15 is 0 Å². The molecule has 2 aliphatic rings. The summed E-state index contributed by atoms with van der Waals surface area (Å²) in [7, 11) is 0. The summed E-state index contributed by atoms with van der Waals surface area (Å²) < 4.78 is 5.38. The SMILES string of the molecule is CCOc1ccc(N2C(=O)CC([NH2+]C3CCCCNC3=O)C2=O)cc1. The molecule has 7 heteroatoms. The predicted molar refractivity (Wildman–Crippen MR) is 91.1 cm³/mol. The first-order chi connectivity index (χ1) is 12.1. The Hall–Kier alpha value is -2.41. The number of benzene rings is 1. The van der Waals surface area contributed by atoms with E-state index < -0.39 is 6.04 Å². The molecule has 2 atom stereocenters. The van der Waals surface area contributed by atoms with Gasteiger partial charge in [0.2, 0.25) is 5.91 Å². The molecule has 3 N–H and O–H groups in total. The molecule has 3 rings (SSSR count). The monoisotopic (exact) mass is 346 g/mol.